The van der Waals surface area contributed by atoms with Gasteiger partial charge in [0.15, 0.2) is 0 Å². The molecule has 1 unspecified atom stereocenters. The fourth-order valence-electron chi connectivity index (χ4n) is 3.01. The number of para-hydroxylation sites is 2. The molecule has 1 aliphatic rings. The van der Waals surface area contributed by atoms with Crippen molar-refractivity contribution >= 4 is 11.4 Å². The lowest BCUT2D eigenvalue weighted by molar-refractivity contribution is 0.282. The van der Waals surface area contributed by atoms with Crippen LogP contribution in [-0.2, 0) is 0 Å². The van der Waals surface area contributed by atoms with Gasteiger partial charge in [-0.3, -0.25) is 0 Å². The van der Waals surface area contributed by atoms with E-state index in [1.54, 1.807) is 0 Å². The zero-order valence-corrected chi connectivity index (χ0v) is 12.2. The van der Waals surface area contributed by atoms with E-state index in [0.29, 0.717) is 6.04 Å². The van der Waals surface area contributed by atoms with E-state index in [1.165, 1.54) is 16.9 Å². The molecule has 1 aliphatic heterocycles. The van der Waals surface area contributed by atoms with Crippen LogP contribution in [0.4, 0.5) is 11.4 Å². The number of hydrogen-bond donors (Lipinski definition) is 2. The van der Waals surface area contributed by atoms with Crippen LogP contribution in [0.15, 0.2) is 54.6 Å². The van der Waals surface area contributed by atoms with E-state index >= 15 is 0 Å². The van der Waals surface area contributed by atoms with Crippen molar-refractivity contribution < 1.29 is 5.11 Å². The number of anilines is 2. The van der Waals surface area contributed by atoms with E-state index in [0.717, 1.165) is 25.9 Å². The van der Waals surface area contributed by atoms with Gasteiger partial charge < -0.3 is 15.3 Å². The summed E-state index contributed by atoms with van der Waals surface area (Å²) in [5.74, 6) is 0. The van der Waals surface area contributed by atoms with Crippen LogP contribution < -0.4 is 10.2 Å². The molecule has 0 bridgehead atoms. The molecule has 0 amide bonds. The number of hydrogen-bond acceptors (Lipinski definition) is 3. The van der Waals surface area contributed by atoms with Crippen LogP contribution in [0.3, 0.4) is 0 Å². The molecule has 2 aromatic rings. The van der Waals surface area contributed by atoms with Gasteiger partial charge in [-0.15, -0.1) is 0 Å². The molecule has 0 fully saturated rings. The Bertz CT molecular complexity index is 570. The van der Waals surface area contributed by atoms with Crippen molar-refractivity contribution in [3.05, 3.63) is 60.2 Å². The van der Waals surface area contributed by atoms with Crippen LogP contribution >= 0.6 is 0 Å². The van der Waals surface area contributed by atoms with Crippen LogP contribution in [0.1, 0.15) is 24.4 Å². The molecular formula is C18H22N2O. The number of fused-ring (bicyclic) bond motifs is 1. The molecule has 2 N–H and O–H groups in total. The van der Waals surface area contributed by atoms with Gasteiger partial charge in [0, 0.05) is 30.6 Å². The zero-order chi connectivity index (χ0) is 14.5. The largest absolute Gasteiger partial charge is 0.396 e. The van der Waals surface area contributed by atoms with Crippen molar-refractivity contribution in [2.45, 2.75) is 18.9 Å². The predicted octanol–water partition coefficient (Wildman–Crippen LogP) is 3.24. The molecule has 3 nitrogen and oxygen atoms in total. The van der Waals surface area contributed by atoms with Gasteiger partial charge in [-0.2, -0.15) is 0 Å². The summed E-state index contributed by atoms with van der Waals surface area (Å²) in [5, 5.41) is 12.5. The first kappa shape index (κ1) is 14.1. The molecule has 0 aromatic heterocycles. The molecule has 0 saturated carbocycles. The van der Waals surface area contributed by atoms with Crippen molar-refractivity contribution in [2.75, 3.05) is 24.6 Å². The monoisotopic (exact) mass is 282 g/mol. The normalized spacial score (nSPS) is 17.6. The standard InChI is InChI=1S/C18H22N2O/c21-14-6-12-19-17-11-13-20(15-7-2-1-3-8-15)18-10-5-4-9-16(17)18/h1-5,7-10,17,19,21H,6,11-14H2. The predicted molar refractivity (Wildman–Crippen MR) is 87.0 cm³/mol. The summed E-state index contributed by atoms with van der Waals surface area (Å²) in [6.07, 6.45) is 1.89. The fraction of sp³-hybridized carbons (Fsp3) is 0.333. The minimum absolute atomic E-state index is 0.248. The Balaban J connectivity index is 1.85. The van der Waals surface area contributed by atoms with E-state index in [4.69, 9.17) is 5.11 Å². The van der Waals surface area contributed by atoms with E-state index in [1.807, 2.05) is 0 Å². The van der Waals surface area contributed by atoms with Crippen molar-refractivity contribution in [3.63, 3.8) is 0 Å². The lowest BCUT2D eigenvalue weighted by atomic mass is 9.95. The van der Waals surface area contributed by atoms with Crippen molar-refractivity contribution in [3.8, 4) is 0 Å². The molecule has 0 spiro atoms. The summed E-state index contributed by atoms with van der Waals surface area (Å²) >= 11 is 0. The molecule has 0 radical (unpaired) electrons. The highest BCUT2D eigenvalue weighted by Gasteiger charge is 2.24. The maximum Gasteiger partial charge on any atom is 0.0459 e. The van der Waals surface area contributed by atoms with Gasteiger partial charge in [-0.25, -0.2) is 0 Å². The van der Waals surface area contributed by atoms with Crippen molar-refractivity contribution in [2.24, 2.45) is 0 Å². The van der Waals surface area contributed by atoms with Gasteiger partial charge in [0.05, 0.1) is 0 Å². The van der Waals surface area contributed by atoms with Crippen molar-refractivity contribution in [1.29, 1.82) is 0 Å². The highest BCUT2D eigenvalue weighted by atomic mass is 16.3. The number of rotatable bonds is 5. The SMILES string of the molecule is OCCCNC1CCN(c2ccccc2)c2ccccc21. The van der Waals surface area contributed by atoms with E-state index < -0.39 is 0 Å². The van der Waals surface area contributed by atoms with Gasteiger partial charge in [0.2, 0.25) is 0 Å². The topological polar surface area (TPSA) is 35.5 Å². The summed E-state index contributed by atoms with van der Waals surface area (Å²) in [7, 11) is 0. The van der Waals surface area contributed by atoms with Crippen LogP contribution in [0.5, 0.6) is 0 Å². The third kappa shape index (κ3) is 3.09. The molecule has 1 heterocycles. The summed E-state index contributed by atoms with van der Waals surface area (Å²) in [4.78, 5) is 2.39. The van der Waals surface area contributed by atoms with Gasteiger partial charge in [-0.1, -0.05) is 36.4 Å². The summed E-state index contributed by atoms with van der Waals surface area (Å²) in [6, 6.07) is 19.5. The first-order valence-corrected chi connectivity index (χ1v) is 7.66. The second-order valence-electron chi connectivity index (χ2n) is 5.42. The Hall–Kier alpha value is -1.84. The number of nitrogens with zero attached hydrogens (tertiary/aromatic N) is 1. The summed E-state index contributed by atoms with van der Waals surface area (Å²) in [5.41, 5.74) is 3.89. The van der Waals surface area contributed by atoms with Gasteiger partial charge in [-0.05, 0) is 43.1 Å². The third-order valence-electron chi connectivity index (χ3n) is 4.04. The Morgan fingerprint density at radius 3 is 2.62 bits per heavy atom. The molecule has 110 valence electrons. The average molecular weight is 282 g/mol. The maximum atomic E-state index is 8.93. The Morgan fingerprint density at radius 2 is 1.81 bits per heavy atom. The van der Waals surface area contributed by atoms with Gasteiger partial charge in [0.1, 0.15) is 0 Å². The van der Waals surface area contributed by atoms with Gasteiger partial charge >= 0.3 is 0 Å². The summed E-state index contributed by atoms with van der Waals surface area (Å²) in [6.45, 7) is 2.12. The second-order valence-corrected chi connectivity index (χ2v) is 5.42. The Labute approximate surface area is 126 Å². The Kier molecular flexibility index (Phi) is 4.53. The lowest BCUT2D eigenvalue weighted by Gasteiger charge is -2.36. The lowest BCUT2D eigenvalue weighted by Crippen LogP contribution is -2.33. The minimum Gasteiger partial charge on any atom is -0.396 e. The Morgan fingerprint density at radius 1 is 1.05 bits per heavy atom. The molecule has 1 atom stereocenters. The number of aliphatic hydroxyl groups is 1. The van der Waals surface area contributed by atoms with Gasteiger partial charge in [0.25, 0.3) is 0 Å². The molecule has 0 aliphatic carbocycles. The number of nitrogens with one attached hydrogen (secondary N) is 1. The highest BCUT2D eigenvalue weighted by molar-refractivity contribution is 5.68. The number of benzene rings is 2. The second kappa shape index (κ2) is 6.74. The van der Waals surface area contributed by atoms with Crippen LogP contribution in [-0.4, -0.2) is 24.8 Å². The molecule has 3 heteroatoms. The third-order valence-corrected chi connectivity index (χ3v) is 4.04. The molecule has 21 heavy (non-hydrogen) atoms. The summed E-state index contributed by atoms with van der Waals surface area (Å²) < 4.78 is 0. The first-order chi connectivity index (χ1) is 10.4. The van der Waals surface area contributed by atoms with E-state index in [2.05, 4.69) is 64.8 Å². The van der Waals surface area contributed by atoms with E-state index in [-0.39, 0.29) is 6.61 Å². The molecule has 3 rings (SSSR count). The minimum atomic E-state index is 0.248. The molecule has 2 aromatic carbocycles. The van der Waals surface area contributed by atoms with E-state index in [9.17, 15) is 0 Å². The quantitative estimate of drug-likeness (QED) is 0.826. The fourth-order valence-corrected chi connectivity index (χ4v) is 3.01. The number of aliphatic hydroxyl groups excluding tert-OH is 1. The maximum absolute atomic E-state index is 8.93. The van der Waals surface area contributed by atoms with Crippen LogP contribution in [0.25, 0.3) is 0 Å². The van der Waals surface area contributed by atoms with Crippen LogP contribution in [0, 0.1) is 0 Å². The first-order valence-electron chi connectivity index (χ1n) is 7.66. The van der Waals surface area contributed by atoms with Crippen LogP contribution in [0.2, 0.25) is 0 Å². The van der Waals surface area contributed by atoms with Crippen molar-refractivity contribution in [1.82, 2.24) is 5.32 Å². The molecule has 0 saturated heterocycles. The average Bonchev–Trinajstić information content (AvgIpc) is 2.56. The highest BCUT2D eigenvalue weighted by Crippen LogP contribution is 2.37. The molecular weight excluding hydrogens is 260 g/mol. The smallest absolute Gasteiger partial charge is 0.0459 e. The zero-order valence-electron chi connectivity index (χ0n) is 12.2.